The second kappa shape index (κ2) is 10.3. The van der Waals surface area contributed by atoms with Crippen LogP contribution in [0.2, 0.25) is 0 Å². The molecule has 0 radical (unpaired) electrons. The molecule has 1 aliphatic carbocycles. The van der Waals surface area contributed by atoms with E-state index in [9.17, 15) is 9.90 Å². The first-order valence-corrected chi connectivity index (χ1v) is 12.3. The van der Waals surface area contributed by atoms with Crippen LogP contribution in [0.15, 0.2) is 54.6 Å². The molecule has 33 heavy (non-hydrogen) atoms. The van der Waals surface area contributed by atoms with Gasteiger partial charge in [-0.15, -0.1) is 0 Å². The Kier molecular flexibility index (Phi) is 7.40. The Morgan fingerprint density at radius 3 is 2.58 bits per heavy atom. The third kappa shape index (κ3) is 6.15. The molecule has 0 spiro atoms. The molecule has 5 nitrogen and oxygen atoms in total. The maximum atomic E-state index is 12.2. The normalized spacial score (nSPS) is 25.1. The van der Waals surface area contributed by atoms with Gasteiger partial charge in [0.15, 0.2) is 0 Å². The molecule has 0 aromatic heterocycles. The number of aliphatic hydroxyl groups excluding tert-OH is 1. The third-order valence-electron chi connectivity index (χ3n) is 7.39. The van der Waals surface area contributed by atoms with E-state index in [0.717, 1.165) is 55.6 Å². The standard InChI is InChI=1S/C28H37NO4/c1-3-28(16-15-27(2,21-28)14-8-13-26(31)29-18-23(30)19-29)32-20-22-9-7-12-25(17-22)33-24-10-5-4-6-11-24/h4-7,9-12,17,23,30H,3,8,13-16,18-21H2,1-2H3. The highest BCUT2D eigenvalue weighted by Crippen LogP contribution is 2.50. The number of nitrogens with zero attached hydrogens (tertiary/aromatic N) is 1. The summed E-state index contributed by atoms with van der Waals surface area (Å²) in [7, 11) is 0. The van der Waals surface area contributed by atoms with E-state index >= 15 is 0 Å². The molecule has 1 N–H and O–H groups in total. The number of carbonyl (C=O) groups excluding carboxylic acids is 1. The first kappa shape index (κ1) is 23.8. The fourth-order valence-electron chi connectivity index (χ4n) is 5.27. The van der Waals surface area contributed by atoms with Crippen LogP contribution in [0.1, 0.15) is 64.4 Å². The average Bonchev–Trinajstić information content (AvgIpc) is 3.14. The van der Waals surface area contributed by atoms with Crippen LogP contribution < -0.4 is 4.74 Å². The minimum atomic E-state index is -0.325. The smallest absolute Gasteiger partial charge is 0.222 e. The van der Waals surface area contributed by atoms with Gasteiger partial charge in [-0.3, -0.25) is 4.79 Å². The lowest BCUT2D eigenvalue weighted by molar-refractivity contribution is -0.141. The number of amides is 1. The molecule has 1 saturated heterocycles. The van der Waals surface area contributed by atoms with E-state index in [1.54, 1.807) is 4.90 Å². The Labute approximate surface area is 197 Å². The van der Waals surface area contributed by atoms with Gasteiger partial charge in [0.2, 0.25) is 5.91 Å². The highest BCUT2D eigenvalue weighted by Gasteiger charge is 2.45. The van der Waals surface area contributed by atoms with Gasteiger partial charge in [0.05, 0.1) is 18.3 Å². The summed E-state index contributed by atoms with van der Waals surface area (Å²) in [6.45, 7) is 6.14. The number of aliphatic hydroxyl groups is 1. The van der Waals surface area contributed by atoms with Gasteiger partial charge in [-0.2, -0.15) is 0 Å². The molecule has 5 heteroatoms. The summed E-state index contributed by atoms with van der Waals surface area (Å²) in [5, 5.41) is 9.39. The molecule has 1 aliphatic heterocycles. The SMILES string of the molecule is CCC1(OCc2cccc(Oc3ccccc3)c2)CCC(C)(CCCC(=O)N2CC(O)C2)C1. The van der Waals surface area contributed by atoms with Gasteiger partial charge < -0.3 is 19.5 Å². The molecule has 0 bridgehead atoms. The first-order chi connectivity index (χ1) is 15.9. The van der Waals surface area contributed by atoms with Crippen LogP contribution in [-0.2, 0) is 16.1 Å². The van der Waals surface area contributed by atoms with Crippen LogP contribution in [0.25, 0.3) is 0 Å². The Bertz CT molecular complexity index is 927. The van der Waals surface area contributed by atoms with Crippen molar-refractivity contribution in [3.8, 4) is 11.5 Å². The summed E-state index contributed by atoms with van der Waals surface area (Å²) in [5.41, 5.74) is 1.23. The zero-order chi connectivity index (χ0) is 23.3. The number of carbonyl (C=O) groups is 1. The molecule has 1 amide bonds. The van der Waals surface area contributed by atoms with Crippen molar-refractivity contribution >= 4 is 5.91 Å². The highest BCUT2D eigenvalue weighted by molar-refractivity contribution is 5.77. The van der Waals surface area contributed by atoms with E-state index in [1.165, 1.54) is 0 Å². The van der Waals surface area contributed by atoms with Crippen molar-refractivity contribution in [2.24, 2.45) is 5.41 Å². The lowest BCUT2D eigenvalue weighted by atomic mass is 9.81. The van der Waals surface area contributed by atoms with E-state index < -0.39 is 0 Å². The monoisotopic (exact) mass is 451 g/mol. The predicted molar refractivity (Wildman–Crippen MR) is 129 cm³/mol. The maximum Gasteiger partial charge on any atom is 0.222 e. The quantitative estimate of drug-likeness (QED) is 0.503. The fraction of sp³-hybridized carbons (Fsp3) is 0.536. The molecule has 2 aromatic carbocycles. The third-order valence-corrected chi connectivity index (χ3v) is 7.39. The molecule has 178 valence electrons. The van der Waals surface area contributed by atoms with E-state index in [-0.39, 0.29) is 23.0 Å². The van der Waals surface area contributed by atoms with E-state index in [1.807, 2.05) is 42.5 Å². The zero-order valence-corrected chi connectivity index (χ0v) is 20.0. The lowest BCUT2D eigenvalue weighted by Crippen LogP contribution is -2.53. The van der Waals surface area contributed by atoms with Crippen LogP contribution >= 0.6 is 0 Å². The molecule has 1 heterocycles. The molecule has 1 saturated carbocycles. The number of ether oxygens (including phenoxy) is 2. The molecule has 2 atom stereocenters. The van der Waals surface area contributed by atoms with Gasteiger partial charge in [-0.25, -0.2) is 0 Å². The van der Waals surface area contributed by atoms with Gasteiger partial charge in [0, 0.05) is 19.5 Å². The van der Waals surface area contributed by atoms with Crippen molar-refractivity contribution in [1.82, 2.24) is 4.90 Å². The minimum absolute atomic E-state index is 0.101. The zero-order valence-electron chi connectivity index (χ0n) is 20.0. The molecular weight excluding hydrogens is 414 g/mol. The predicted octanol–water partition coefficient (Wildman–Crippen LogP) is 5.71. The van der Waals surface area contributed by atoms with Gasteiger partial charge in [0.25, 0.3) is 0 Å². The van der Waals surface area contributed by atoms with Crippen LogP contribution in [0.5, 0.6) is 11.5 Å². The van der Waals surface area contributed by atoms with Crippen molar-refractivity contribution in [1.29, 1.82) is 0 Å². The summed E-state index contributed by atoms with van der Waals surface area (Å²) in [4.78, 5) is 14.0. The maximum absolute atomic E-state index is 12.2. The Morgan fingerprint density at radius 1 is 1.09 bits per heavy atom. The van der Waals surface area contributed by atoms with Crippen LogP contribution in [0.3, 0.4) is 0 Å². The number of β-amino-alcohol motifs (C(OH)–C–C–N with tert-alkyl or cyclic N) is 1. The number of para-hydroxylation sites is 1. The summed E-state index contributed by atoms with van der Waals surface area (Å²) in [6, 6.07) is 18.0. The number of likely N-dealkylation sites (tertiary alicyclic amines) is 1. The lowest BCUT2D eigenvalue weighted by Gasteiger charge is -2.36. The molecule has 2 aromatic rings. The van der Waals surface area contributed by atoms with Gasteiger partial charge in [-0.05, 0) is 73.8 Å². The van der Waals surface area contributed by atoms with Crippen molar-refractivity contribution in [3.05, 3.63) is 60.2 Å². The van der Waals surface area contributed by atoms with Crippen LogP contribution in [0.4, 0.5) is 0 Å². The van der Waals surface area contributed by atoms with Gasteiger partial charge in [0.1, 0.15) is 11.5 Å². The van der Waals surface area contributed by atoms with Crippen molar-refractivity contribution in [3.63, 3.8) is 0 Å². The van der Waals surface area contributed by atoms with E-state index in [4.69, 9.17) is 9.47 Å². The molecule has 4 rings (SSSR count). The Balaban J connectivity index is 1.27. The topological polar surface area (TPSA) is 59.0 Å². The number of benzene rings is 2. The van der Waals surface area contributed by atoms with Crippen LogP contribution in [-0.4, -0.2) is 40.7 Å². The van der Waals surface area contributed by atoms with Crippen molar-refractivity contribution < 1.29 is 19.4 Å². The minimum Gasteiger partial charge on any atom is -0.457 e. The van der Waals surface area contributed by atoms with E-state index in [2.05, 4.69) is 26.0 Å². The molecule has 2 aliphatic rings. The second-order valence-electron chi connectivity index (χ2n) is 10.2. The largest absolute Gasteiger partial charge is 0.457 e. The molecule has 2 fully saturated rings. The summed E-state index contributed by atoms with van der Waals surface area (Å²) in [6.07, 6.45) is 6.42. The number of rotatable bonds is 10. The van der Waals surface area contributed by atoms with Crippen molar-refractivity contribution in [2.45, 2.75) is 77.1 Å². The first-order valence-electron chi connectivity index (χ1n) is 12.3. The molecular formula is C28H37NO4. The highest BCUT2D eigenvalue weighted by atomic mass is 16.5. The van der Waals surface area contributed by atoms with Crippen molar-refractivity contribution in [2.75, 3.05) is 13.1 Å². The van der Waals surface area contributed by atoms with E-state index in [0.29, 0.717) is 26.1 Å². The van der Waals surface area contributed by atoms with Crippen LogP contribution in [0, 0.1) is 5.41 Å². The fourth-order valence-corrected chi connectivity index (χ4v) is 5.27. The second-order valence-corrected chi connectivity index (χ2v) is 10.2. The number of hydrogen-bond donors (Lipinski definition) is 1. The average molecular weight is 452 g/mol. The summed E-state index contributed by atoms with van der Waals surface area (Å²) in [5.74, 6) is 1.83. The summed E-state index contributed by atoms with van der Waals surface area (Å²) >= 11 is 0. The summed E-state index contributed by atoms with van der Waals surface area (Å²) < 4.78 is 12.5. The molecule has 2 unspecified atom stereocenters. The van der Waals surface area contributed by atoms with Gasteiger partial charge in [-0.1, -0.05) is 44.2 Å². The Morgan fingerprint density at radius 2 is 1.85 bits per heavy atom. The number of hydrogen-bond acceptors (Lipinski definition) is 4. The Hall–Kier alpha value is -2.37. The van der Waals surface area contributed by atoms with Gasteiger partial charge >= 0.3 is 0 Å².